The number of aryl methyl sites for hydroxylation is 1. The molecule has 4 rings (SSSR count). The Balaban J connectivity index is 1.93. The van der Waals surface area contributed by atoms with Gasteiger partial charge in [-0.3, -0.25) is 9.36 Å². The van der Waals surface area contributed by atoms with Crippen LogP contribution in [0.2, 0.25) is 0 Å². The molecule has 0 bridgehead atoms. The van der Waals surface area contributed by atoms with E-state index in [-0.39, 0.29) is 23.6 Å². The molecule has 0 saturated heterocycles. The first-order chi connectivity index (χ1) is 11.1. The molecule has 116 valence electrons. The Bertz CT molecular complexity index is 914. The number of halogens is 1. The number of pyridine rings is 1. The third-order valence-corrected chi connectivity index (χ3v) is 3.93. The van der Waals surface area contributed by atoms with Gasteiger partial charge in [-0.1, -0.05) is 0 Å². The SMILES string of the molecule is Cc1cc(F)ccc1-n1c(C(=O)NC2CC2)nc2cccnc21. The van der Waals surface area contributed by atoms with Crippen LogP contribution < -0.4 is 5.32 Å². The zero-order valence-electron chi connectivity index (χ0n) is 12.6. The summed E-state index contributed by atoms with van der Waals surface area (Å²) in [6, 6.07) is 8.28. The highest BCUT2D eigenvalue weighted by Crippen LogP contribution is 2.24. The van der Waals surface area contributed by atoms with Crippen molar-refractivity contribution in [2.75, 3.05) is 0 Å². The normalized spacial score (nSPS) is 14.2. The van der Waals surface area contributed by atoms with E-state index < -0.39 is 0 Å². The van der Waals surface area contributed by atoms with Crippen LogP contribution in [0.1, 0.15) is 29.0 Å². The second-order valence-electron chi connectivity index (χ2n) is 5.80. The molecule has 1 aliphatic rings. The first-order valence-corrected chi connectivity index (χ1v) is 7.54. The van der Waals surface area contributed by atoms with E-state index in [1.165, 1.54) is 12.1 Å². The van der Waals surface area contributed by atoms with Crippen molar-refractivity contribution in [3.8, 4) is 5.69 Å². The molecule has 0 unspecified atom stereocenters. The molecule has 0 atom stereocenters. The van der Waals surface area contributed by atoms with E-state index in [9.17, 15) is 9.18 Å². The van der Waals surface area contributed by atoms with Gasteiger partial charge in [0.1, 0.15) is 11.3 Å². The first-order valence-electron chi connectivity index (χ1n) is 7.54. The molecule has 1 saturated carbocycles. The number of carbonyl (C=O) groups excluding carboxylic acids is 1. The number of aromatic nitrogens is 3. The Hall–Kier alpha value is -2.76. The van der Waals surface area contributed by atoms with Crippen LogP contribution in [0.3, 0.4) is 0 Å². The molecule has 0 spiro atoms. The summed E-state index contributed by atoms with van der Waals surface area (Å²) >= 11 is 0. The number of hydrogen-bond acceptors (Lipinski definition) is 3. The minimum absolute atomic E-state index is 0.228. The Morgan fingerprint density at radius 1 is 1.35 bits per heavy atom. The fourth-order valence-electron chi connectivity index (χ4n) is 2.64. The smallest absolute Gasteiger partial charge is 0.287 e. The van der Waals surface area contributed by atoms with Gasteiger partial charge in [-0.2, -0.15) is 0 Å². The highest BCUT2D eigenvalue weighted by atomic mass is 19.1. The molecule has 23 heavy (non-hydrogen) atoms. The maximum Gasteiger partial charge on any atom is 0.287 e. The van der Waals surface area contributed by atoms with Gasteiger partial charge in [0.05, 0.1) is 5.69 Å². The van der Waals surface area contributed by atoms with Crippen LogP contribution >= 0.6 is 0 Å². The number of amides is 1. The van der Waals surface area contributed by atoms with Crippen molar-refractivity contribution in [3.63, 3.8) is 0 Å². The highest BCUT2D eigenvalue weighted by Gasteiger charge is 2.27. The minimum Gasteiger partial charge on any atom is -0.347 e. The molecule has 1 amide bonds. The lowest BCUT2D eigenvalue weighted by molar-refractivity contribution is 0.0939. The van der Waals surface area contributed by atoms with Crippen LogP contribution in [0.4, 0.5) is 4.39 Å². The third-order valence-electron chi connectivity index (χ3n) is 3.93. The van der Waals surface area contributed by atoms with E-state index in [1.807, 2.05) is 6.07 Å². The molecular formula is C17H15FN4O. The molecule has 3 aromatic rings. The van der Waals surface area contributed by atoms with E-state index in [0.29, 0.717) is 16.9 Å². The van der Waals surface area contributed by atoms with Gasteiger partial charge < -0.3 is 5.32 Å². The largest absolute Gasteiger partial charge is 0.347 e. The summed E-state index contributed by atoms with van der Waals surface area (Å²) in [6.07, 6.45) is 3.65. The Labute approximate surface area is 132 Å². The minimum atomic E-state index is -0.312. The second-order valence-corrected chi connectivity index (χ2v) is 5.80. The summed E-state index contributed by atoms with van der Waals surface area (Å²) in [5.74, 6) is -0.262. The van der Waals surface area contributed by atoms with Gasteiger partial charge in [0.15, 0.2) is 5.65 Å². The van der Waals surface area contributed by atoms with E-state index in [0.717, 1.165) is 18.4 Å². The predicted molar refractivity (Wildman–Crippen MR) is 84.0 cm³/mol. The molecule has 0 radical (unpaired) electrons. The summed E-state index contributed by atoms with van der Waals surface area (Å²) in [7, 11) is 0. The number of imidazole rings is 1. The summed E-state index contributed by atoms with van der Waals surface area (Å²) in [5, 5.41) is 2.95. The van der Waals surface area contributed by atoms with Crippen LogP contribution in [0.15, 0.2) is 36.5 Å². The van der Waals surface area contributed by atoms with Gasteiger partial charge in [0, 0.05) is 12.2 Å². The van der Waals surface area contributed by atoms with E-state index >= 15 is 0 Å². The molecule has 1 aliphatic carbocycles. The monoisotopic (exact) mass is 310 g/mol. The molecule has 0 aliphatic heterocycles. The fourth-order valence-corrected chi connectivity index (χ4v) is 2.64. The number of carbonyl (C=O) groups is 1. The number of nitrogens with one attached hydrogen (secondary N) is 1. The Kier molecular flexibility index (Phi) is 3.11. The quantitative estimate of drug-likeness (QED) is 0.809. The van der Waals surface area contributed by atoms with Gasteiger partial charge >= 0.3 is 0 Å². The van der Waals surface area contributed by atoms with E-state index in [4.69, 9.17) is 0 Å². The first kappa shape index (κ1) is 13.9. The lowest BCUT2D eigenvalue weighted by atomic mass is 10.2. The maximum absolute atomic E-state index is 13.4. The van der Waals surface area contributed by atoms with Crippen LogP contribution in [-0.2, 0) is 0 Å². The van der Waals surface area contributed by atoms with Crippen molar-refractivity contribution in [3.05, 3.63) is 53.7 Å². The van der Waals surface area contributed by atoms with Crippen molar-refractivity contribution in [2.45, 2.75) is 25.8 Å². The van der Waals surface area contributed by atoms with Gasteiger partial charge in [0.25, 0.3) is 5.91 Å². The van der Waals surface area contributed by atoms with Crippen molar-refractivity contribution in [2.24, 2.45) is 0 Å². The Morgan fingerprint density at radius 2 is 2.17 bits per heavy atom. The van der Waals surface area contributed by atoms with Gasteiger partial charge in [-0.05, 0) is 55.7 Å². The maximum atomic E-state index is 13.4. The number of hydrogen-bond donors (Lipinski definition) is 1. The second kappa shape index (κ2) is 5.15. The van der Waals surface area contributed by atoms with E-state index in [1.54, 1.807) is 29.8 Å². The van der Waals surface area contributed by atoms with Crippen LogP contribution in [0.25, 0.3) is 16.9 Å². The zero-order valence-corrected chi connectivity index (χ0v) is 12.6. The highest BCUT2D eigenvalue weighted by molar-refractivity contribution is 5.95. The molecule has 2 aromatic heterocycles. The van der Waals surface area contributed by atoms with Crippen LogP contribution in [0, 0.1) is 12.7 Å². The molecule has 6 heteroatoms. The molecule has 1 N–H and O–H groups in total. The number of benzene rings is 1. The zero-order chi connectivity index (χ0) is 16.0. The molecule has 2 heterocycles. The standard InChI is InChI=1S/C17H15FN4O/c1-10-9-11(18)4-7-14(10)22-15-13(3-2-8-19-15)21-16(22)17(23)20-12-5-6-12/h2-4,7-9,12H,5-6H2,1H3,(H,20,23). The van der Waals surface area contributed by atoms with Crippen molar-refractivity contribution in [1.82, 2.24) is 19.9 Å². The average Bonchev–Trinajstić information content (AvgIpc) is 3.25. The topological polar surface area (TPSA) is 59.8 Å². The summed E-state index contributed by atoms with van der Waals surface area (Å²) in [4.78, 5) is 21.3. The third kappa shape index (κ3) is 2.46. The summed E-state index contributed by atoms with van der Waals surface area (Å²) in [5.41, 5.74) is 2.64. The van der Waals surface area contributed by atoms with Crippen LogP contribution in [-0.4, -0.2) is 26.5 Å². The lowest BCUT2D eigenvalue weighted by Crippen LogP contribution is -2.28. The number of nitrogens with zero attached hydrogens (tertiary/aromatic N) is 3. The van der Waals surface area contributed by atoms with Crippen molar-refractivity contribution < 1.29 is 9.18 Å². The lowest BCUT2D eigenvalue weighted by Gasteiger charge is -2.11. The summed E-state index contributed by atoms with van der Waals surface area (Å²) in [6.45, 7) is 1.80. The fraction of sp³-hybridized carbons (Fsp3) is 0.235. The number of rotatable bonds is 3. The number of fused-ring (bicyclic) bond motifs is 1. The summed E-state index contributed by atoms with van der Waals surface area (Å²) < 4.78 is 15.1. The van der Waals surface area contributed by atoms with E-state index in [2.05, 4.69) is 15.3 Å². The molecule has 5 nitrogen and oxygen atoms in total. The van der Waals surface area contributed by atoms with Gasteiger partial charge in [0.2, 0.25) is 5.82 Å². The van der Waals surface area contributed by atoms with Crippen molar-refractivity contribution in [1.29, 1.82) is 0 Å². The van der Waals surface area contributed by atoms with Gasteiger partial charge in [-0.15, -0.1) is 0 Å². The molecule has 1 fully saturated rings. The van der Waals surface area contributed by atoms with Crippen molar-refractivity contribution >= 4 is 17.1 Å². The molecule has 1 aromatic carbocycles. The van der Waals surface area contributed by atoms with Gasteiger partial charge in [-0.25, -0.2) is 14.4 Å². The molecular weight excluding hydrogens is 295 g/mol. The van der Waals surface area contributed by atoms with Crippen LogP contribution in [0.5, 0.6) is 0 Å². The predicted octanol–water partition coefficient (Wildman–Crippen LogP) is 2.76. The average molecular weight is 310 g/mol. The Morgan fingerprint density at radius 3 is 2.91 bits per heavy atom.